The van der Waals surface area contributed by atoms with Gasteiger partial charge in [0.25, 0.3) is 5.91 Å². The monoisotopic (exact) mass is 395 g/mol. The molecule has 3 heterocycles. The lowest BCUT2D eigenvalue weighted by Gasteiger charge is -2.33. The number of aromatic nitrogens is 3. The Morgan fingerprint density at radius 2 is 1.90 bits per heavy atom. The van der Waals surface area contributed by atoms with E-state index in [4.69, 9.17) is 0 Å². The van der Waals surface area contributed by atoms with Gasteiger partial charge in [-0.05, 0) is 62.6 Å². The van der Waals surface area contributed by atoms with Crippen LogP contribution in [-0.4, -0.2) is 51.0 Å². The molecule has 0 aromatic carbocycles. The van der Waals surface area contributed by atoms with Gasteiger partial charge in [-0.1, -0.05) is 6.92 Å². The first-order valence-electron chi connectivity index (χ1n) is 10.7. The summed E-state index contributed by atoms with van der Waals surface area (Å²) in [5.74, 6) is 0.884. The van der Waals surface area contributed by atoms with E-state index in [2.05, 4.69) is 27.4 Å². The number of pyridine rings is 1. The third kappa shape index (κ3) is 4.66. The number of carbonyl (C=O) groups excluding carboxylic acids is 2. The third-order valence-electron chi connectivity index (χ3n) is 6.28. The van der Waals surface area contributed by atoms with E-state index in [-0.39, 0.29) is 17.7 Å². The van der Waals surface area contributed by atoms with Gasteiger partial charge in [-0.25, -0.2) is 0 Å². The van der Waals surface area contributed by atoms with Gasteiger partial charge in [-0.2, -0.15) is 5.10 Å². The van der Waals surface area contributed by atoms with Crippen molar-refractivity contribution in [3.63, 3.8) is 0 Å². The van der Waals surface area contributed by atoms with Crippen molar-refractivity contribution in [3.05, 3.63) is 36.3 Å². The van der Waals surface area contributed by atoms with E-state index in [9.17, 15) is 9.59 Å². The summed E-state index contributed by atoms with van der Waals surface area (Å²) in [6.45, 7) is 3.48. The topological polar surface area (TPSA) is 91.0 Å². The van der Waals surface area contributed by atoms with Crippen molar-refractivity contribution >= 4 is 11.8 Å². The molecule has 0 bridgehead atoms. The van der Waals surface area contributed by atoms with Crippen LogP contribution in [0.5, 0.6) is 0 Å². The van der Waals surface area contributed by atoms with Crippen LogP contribution in [0, 0.1) is 11.8 Å². The van der Waals surface area contributed by atoms with Gasteiger partial charge in [-0.3, -0.25) is 19.7 Å². The first-order chi connectivity index (χ1) is 14.1. The van der Waals surface area contributed by atoms with Gasteiger partial charge in [-0.15, -0.1) is 0 Å². The molecule has 0 spiro atoms. The predicted octanol–water partition coefficient (Wildman–Crippen LogP) is 3.02. The number of nitrogens with one attached hydrogen (secondary N) is 2. The number of nitrogens with zero attached hydrogens (tertiary/aromatic N) is 3. The fraction of sp³-hybridized carbons (Fsp3) is 0.545. The Morgan fingerprint density at radius 3 is 2.59 bits per heavy atom. The second-order valence-corrected chi connectivity index (χ2v) is 8.44. The highest BCUT2D eigenvalue weighted by Gasteiger charge is 2.30. The SMILES string of the molecule is CC1CCC(NC(=O)C2CCN(C(=O)c3cc(-c4cccnc4)n[nH]3)CC2)CC1. The van der Waals surface area contributed by atoms with E-state index >= 15 is 0 Å². The molecule has 0 radical (unpaired) electrons. The van der Waals surface area contributed by atoms with Crippen LogP contribution in [0.3, 0.4) is 0 Å². The molecular formula is C22H29N5O2. The molecule has 0 atom stereocenters. The largest absolute Gasteiger partial charge is 0.353 e. The lowest BCUT2D eigenvalue weighted by Crippen LogP contribution is -2.46. The van der Waals surface area contributed by atoms with Gasteiger partial charge in [0.15, 0.2) is 0 Å². The van der Waals surface area contributed by atoms with Crippen molar-refractivity contribution in [2.45, 2.75) is 51.5 Å². The summed E-state index contributed by atoms with van der Waals surface area (Å²) in [6, 6.07) is 5.85. The molecule has 4 rings (SSSR count). The molecule has 1 saturated heterocycles. The van der Waals surface area contributed by atoms with Crippen molar-refractivity contribution in [1.29, 1.82) is 0 Å². The van der Waals surface area contributed by atoms with Crippen LogP contribution in [-0.2, 0) is 4.79 Å². The molecule has 2 amide bonds. The van der Waals surface area contributed by atoms with Gasteiger partial charge in [0.2, 0.25) is 5.91 Å². The Kier molecular flexibility index (Phi) is 5.92. The van der Waals surface area contributed by atoms with E-state index in [1.165, 1.54) is 12.8 Å². The Hall–Kier alpha value is -2.70. The molecule has 2 aliphatic rings. The molecule has 0 unspecified atom stereocenters. The second kappa shape index (κ2) is 8.76. The van der Waals surface area contributed by atoms with Crippen LogP contribution in [0.25, 0.3) is 11.3 Å². The minimum atomic E-state index is -0.0623. The van der Waals surface area contributed by atoms with E-state index in [0.717, 1.165) is 24.3 Å². The van der Waals surface area contributed by atoms with Crippen molar-refractivity contribution in [1.82, 2.24) is 25.4 Å². The highest BCUT2D eigenvalue weighted by atomic mass is 16.2. The van der Waals surface area contributed by atoms with Gasteiger partial charge in [0.1, 0.15) is 5.69 Å². The Balaban J connectivity index is 1.28. The molecule has 154 valence electrons. The molecule has 1 aliphatic carbocycles. The summed E-state index contributed by atoms with van der Waals surface area (Å²) in [5, 5.41) is 10.3. The minimum Gasteiger partial charge on any atom is -0.353 e. The van der Waals surface area contributed by atoms with E-state index in [0.29, 0.717) is 43.4 Å². The predicted molar refractivity (Wildman–Crippen MR) is 110 cm³/mol. The van der Waals surface area contributed by atoms with Crippen molar-refractivity contribution < 1.29 is 9.59 Å². The van der Waals surface area contributed by atoms with Crippen molar-refractivity contribution in [2.75, 3.05) is 13.1 Å². The maximum atomic E-state index is 12.8. The Morgan fingerprint density at radius 1 is 1.14 bits per heavy atom. The zero-order valence-corrected chi connectivity index (χ0v) is 16.9. The lowest BCUT2D eigenvalue weighted by molar-refractivity contribution is -0.127. The van der Waals surface area contributed by atoms with Crippen LogP contribution < -0.4 is 5.32 Å². The second-order valence-electron chi connectivity index (χ2n) is 8.44. The lowest BCUT2D eigenvalue weighted by atomic mass is 9.86. The normalized spacial score (nSPS) is 23.0. The maximum Gasteiger partial charge on any atom is 0.271 e. The molecule has 2 N–H and O–H groups in total. The highest BCUT2D eigenvalue weighted by Crippen LogP contribution is 2.25. The smallest absolute Gasteiger partial charge is 0.271 e. The Labute approximate surface area is 171 Å². The molecule has 2 aromatic rings. The zero-order chi connectivity index (χ0) is 20.2. The summed E-state index contributed by atoms with van der Waals surface area (Å²) in [5.41, 5.74) is 2.05. The molecular weight excluding hydrogens is 366 g/mol. The Bertz CT molecular complexity index is 834. The molecule has 2 fully saturated rings. The summed E-state index contributed by atoms with van der Waals surface area (Å²) < 4.78 is 0. The highest BCUT2D eigenvalue weighted by molar-refractivity contribution is 5.93. The maximum absolute atomic E-state index is 12.8. The van der Waals surface area contributed by atoms with Crippen molar-refractivity contribution in [3.8, 4) is 11.3 Å². The van der Waals surface area contributed by atoms with Crippen LogP contribution in [0.15, 0.2) is 30.6 Å². The van der Waals surface area contributed by atoms with E-state index in [1.54, 1.807) is 18.5 Å². The number of rotatable bonds is 4. The average molecular weight is 396 g/mol. The number of H-pyrrole nitrogens is 1. The zero-order valence-electron chi connectivity index (χ0n) is 16.9. The van der Waals surface area contributed by atoms with E-state index in [1.807, 2.05) is 17.0 Å². The number of piperidine rings is 1. The summed E-state index contributed by atoms with van der Waals surface area (Å²) in [6.07, 6.45) is 9.42. The van der Waals surface area contributed by atoms with Gasteiger partial charge in [0.05, 0.1) is 5.69 Å². The summed E-state index contributed by atoms with van der Waals surface area (Å²) in [7, 11) is 0. The standard InChI is InChI=1S/C22H29N5O2/c1-15-4-6-18(7-5-15)24-21(28)16-8-11-27(12-9-16)22(29)20-13-19(25-26-20)17-3-2-10-23-14-17/h2-3,10,13-16,18H,4-9,11-12H2,1H3,(H,24,28)(H,25,26). The third-order valence-corrected chi connectivity index (χ3v) is 6.28. The molecule has 2 aromatic heterocycles. The van der Waals surface area contributed by atoms with Crippen LogP contribution >= 0.6 is 0 Å². The molecule has 1 aliphatic heterocycles. The number of likely N-dealkylation sites (tertiary alicyclic amines) is 1. The summed E-state index contributed by atoms with van der Waals surface area (Å²) in [4.78, 5) is 31.3. The van der Waals surface area contributed by atoms with Crippen molar-refractivity contribution in [2.24, 2.45) is 11.8 Å². The van der Waals surface area contributed by atoms with Crippen LogP contribution in [0.4, 0.5) is 0 Å². The average Bonchev–Trinajstić information content (AvgIpc) is 3.26. The number of hydrogen-bond donors (Lipinski definition) is 2. The number of amides is 2. The van der Waals surface area contributed by atoms with Gasteiger partial charge < -0.3 is 10.2 Å². The summed E-state index contributed by atoms with van der Waals surface area (Å²) >= 11 is 0. The first-order valence-corrected chi connectivity index (χ1v) is 10.7. The van der Waals surface area contributed by atoms with Gasteiger partial charge in [0, 0.05) is 43.0 Å². The fourth-order valence-electron chi connectivity index (χ4n) is 4.33. The molecule has 7 nitrogen and oxygen atoms in total. The van der Waals surface area contributed by atoms with Crippen LogP contribution in [0.1, 0.15) is 55.9 Å². The molecule has 1 saturated carbocycles. The number of aromatic amines is 1. The first kappa shape index (κ1) is 19.6. The number of carbonyl (C=O) groups is 2. The fourth-order valence-corrected chi connectivity index (χ4v) is 4.33. The van der Waals surface area contributed by atoms with E-state index < -0.39 is 0 Å². The molecule has 29 heavy (non-hydrogen) atoms. The quantitative estimate of drug-likeness (QED) is 0.832. The minimum absolute atomic E-state index is 0.00567. The van der Waals surface area contributed by atoms with Gasteiger partial charge >= 0.3 is 0 Å². The van der Waals surface area contributed by atoms with Crippen LogP contribution in [0.2, 0.25) is 0 Å². The molecule has 7 heteroatoms. The number of hydrogen-bond acceptors (Lipinski definition) is 4.